The van der Waals surface area contributed by atoms with Crippen LogP contribution in [0.1, 0.15) is 37.3 Å². The lowest BCUT2D eigenvalue weighted by Gasteiger charge is -2.01. The highest BCUT2D eigenvalue weighted by Gasteiger charge is 2.23. The number of hydrogen-bond donors (Lipinski definition) is 1. The molecule has 17 heavy (non-hydrogen) atoms. The molecule has 0 aliphatic carbocycles. The van der Waals surface area contributed by atoms with Crippen molar-refractivity contribution in [3.63, 3.8) is 0 Å². The third-order valence-corrected chi connectivity index (χ3v) is 3.65. The maximum atomic E-state index is 5.29. The van der Waals surface area contributed by atoms with Crippen molar-refractivity contribution in [2.45, 2.75) is 32.2 Å². The first-order valence-electron chi connectivity index (χ1n) is 5.77. The molecule has 1 N–H and O–H groups in total. The normalized spacial score (nSPS) is 19.9. The summed E-state index contributed by atoms with van der Waals surface area (Å²) in [5, 5.41) is 11.4. The third-order valence-electron chi connectivity index (χ3n) is 2.90. The van der Waals surface area contributed by atoms with E-state index in [0.29, 0.717) is 5.89 Å². The SMILES string of the molecule is CCc1nnsc1-c1nc(C2CCCN2)no1. The summed E-state index contributed by atoms with van der Waals surface area (Å²) >= 11 is 1.31. The van der Waals surface area contributed by atoms with E-state index in [-0.39, 0.29) is 6.04 Å². The molecule has 2 aromatic rings. The monoisotopic (exact) mass is 251 g/mol. The summed E-state index contributed by atoms with van der Waals surface area (Å²) < 4.78 is 9.22. The van der Waals surface area contributed by atoms with Gasteiger partial charge in [0.1, 0.15) is 4.88 Å². The fourth-order valence-corrected chi connectivity index (χ4v) is 2.65. The van der Waals surface area contributed by atoms with Gasteiger partial charge in [-0.15, -0.1) is 5.10 Å². The second-order valence-corrected chi connectivity index (χ2v) is 4.76. The Morgan fingerprint density at radius 3 is 3.24 bits per heavy atom. The molecule has 0 bridgehead atoms. The van der Waals surface area contributed by atoms with Gasteiger partial charge in [-0.25, -0.2) is 0 Å². The second-order valence-electron chi connectivity index (χ2n) is 4.01. The molecular weight excluding hydrogens is 238 g/mol. The highest BCUT2D eigenvalue weighted by Crippen LogP contribution is 2.27. The maximum absolute atomic E-state index is 5.29. The third kappa shape index (κ3) is 1.96. The quantitative estimate of drug-likeness (QED) is 0.892. The molecule has 1 fully saturated rings. The summed E-state index contributed by atoms with van der Waals surface area (Å²) in [5.41, 5.74) is 0.921. The van der Waals surface area contributed by atoms with Gasteiger partial charge in [0.2, 0.25) is 0 Å². The van der Waals surface area contributed by atoms with Gasteiger partial charge in [-0.05, 0) is 37.3 Å². The van der Waals surface area contributed by atoms with Gasteiger partial charge in [0.15, 0.2) is 5.82 Å². The van der Waals surface area contributed by atoms with Gasteiger partial charge < -0.3 is 9.84 Å². The van der Waals surface area contributed by atoms with Crippen LogP contribution in [0.5, 0.6) is 0 Å². The fourth-order valence-electron chi connectivity index (χ4n) is 1.98. The van der Waals surface area contributed by atoms with Crippen LogP contribution in [0.2, 0.25) is 0 Å². The van der Waals surface area contributed by atoms with E-state index in [9.17, 15) is 0 Å². The number of aromatic nitrogens is 4. The lowest BCUT2D eigenvalue weighted by atomic mass is 10.2. The van der Waals surface area contributed by atoms with Crippen molar-refractivity contribution in [1.82, 2.24) is 25.0 Å². The van der Waals surface area contributed by atoms with Gasteiger partial charge in [-0.3, -0.25) is 0 Å². The molecule has 6 nitrogen and oxygen atoms in total. The molecule has 1 saturated heterocycles. The van der Waals surface area contributed by atoms with Crippen LogP contribution < -0.4 is 5.32 Å². The smallest absolute Gasteiger partial charge is 0.271 e. The molecule has 2 aromatic heterocycles. The standard InChI is InChI=1S/C10H13N5OS/c1-2-6-8(17-15-13-6)10-12-9(14-16-10)7-4-3-5-11-7/h7,11H,2-5H2,1H3. The van der Waals surface area contributed by atoms with Gasteiger partial charge in [0, 0.05) is 0 Å². The lowest BCUT2D eigenvalue weighted by Crippen LogP contribution is -2.14. The summed E-state index contributed by atoms with van der Waals surface area (Å²) in [4.78, 5) is 5.33. The van der Waals surface area contributed by atoms with Crippen molar-refractivity contribution < 1.29 is 4.52 Å². The molecule has 0 radical (unpaired) electrons. The minimum Gasteiger partial charge on any atom is -0.333 e. The van der Waals surface area contributed by atoms with Crippen molar-refractivity contribution in [2.75, 3.05) is 6.54 Å². The van der Waals surface area contributed by atoms with E-state index in [1.807, 2.05) is 6.92 Å². The van der Waals surface area contributed by atoms with Crippen LogP contribution in [0.15, 0.2) is 4.52 Å². The fraction of sp³-hybridized carbons (Fsp3) is 0.600. The van der Waals surface area contributed by atoms with Crippen LogP contribution in [0.3, 0.4) is 0 Å². The first-order chi connectivity index (χ1) is 8.38. The summed E-state index contributed by atoms with van der Waals surface area (Å²) in [7, 11) is 0. The predicted molar refractivity (Wildman–Crippen MR) is 62.6 cm³/mol. The Labute approximate surface area is 103 Å². The molecule has 1 aliphatic rings. The summed E-state index contributed by atoms with van der Waals surface area (Å²) in [6.07, 6.45) is 3.06. The van der Waals surface area contributed by atoms with E-state index in [2.05, 4.69) is 25.0 Å². The highest BCUT2D eigenvalue weighted by atomic mass is 32.1. The molecule has 1 atom stereocenters. The molecule has 0 aromatic carbocycles. The van der Waals surface area contributed by atoms with Crippen LogP contribution >= 0.6 is 11.5 Å². The topological polar surface area (TPSA) is 76.7 Å². The molecule has 90 valence electrons. The maximum Gasteiger partial charge on any atom is 0.271 e. The van der Waals surface area contributed by atoms with Gasteiger partial charge in [0.05, 0.1) is 11.7 Å². The van der Waals surface area contributed by atoms with Crippen LogP contribution in [0.4, 0.5) is 0 Å². The largest absolute Gasteiger partial charge is 0.333 e. The number of nitrogens with zero attached hydrogens (tertiary/aromatic N) is 4. The van der Waals surface area contributed by atoms with Crippen LogP contribution in [0, 0.1) is 0 Å². The van der Waals surface area contributed by atoms with Crippen molar-refractivity contribution in [3.05, 3.63) is 11.5 Å². The summed E-state index contributed by atoms with van der Waals surface area (Å²) in [6.45, 7) is 3.06. The van der Waals surface area contributed by atoms with E-state index in [1.165, 1.54) is 11.5 Å². The molecule has 1 aliphatic heterocycles. The Hall–Kier alpha value is -1.34. The average molecular weight is 251 g/mol. The first-order valence-corrected chi connectivity index (χ1v) is 6.54. The minimum atomic E-state index is 0.235. The van der Waals surface area contributed by atoms with E-state index in [4.69, 9.17) is 4.52 Å². The molecule has 0 spiro atoms. The van der Waals surface area contributed by atoms with Crippen molar-refractivity contribution in [1.29, 1.82) is 0 Å². The first kappa shape index (κ1) is 10.8. The Morgan fingerprint density at radius 2 is 2.47 bits per heavy atom. The Bertz CT molecular complexity index is 502. The van der Waals surface area contributed by atoms with Gasteiger partial charge in [-0.1, -0.05) is 16.6 Å². The predicted octanol–water partition coefficient (Wildman–Crippen LogP) is 1.57. The number of hydrogen-bond acceptors (Lipinski definition) is 7. The second kappa shape index (κ2) is 4.50. The average Bonchev–Trinajstić information content (AvgIpc) is 3.09. The van der Waals surface area contributed by atoms with Crippen molar-refractivity contribution in [3.8, 4) is 10.8 Å². The van der Waals surface area contributed by atoms with Gasteiger partial charge in [-0.2, -0.15) is 4.98 Å². The highest BCUT2D eigenvalue weighted by molar-refractivity contribution is 7.09. The van der Waals surface area contributed by atoms with E-state index >= 15 is 0 Å². The number of rotatable bonds is 3. The molecule has 3 rings (SSSR count). The Kier molecular flexibility index (Phi) is 2.86. The zero-order valence-electron chi connectivity index (χ0n) is 9.51. The Morgan fingerprint density at radius 1 is 1.53 bits per heavy atom. The molecular formula is C10H13N5OS. The lowest BCUT2D eigenvalue weighted by molar-refractivity contribution is 0.412. The minimum absolute atomic E-state index is 0.235. The van der Waals surface area contributed by atoms with Crippen LogP contribution in [-0.2, 0) is 6.42 Å². The van der Waals surface area contributed by atoms with Crippen LogP contribution in [0.25, 0.3) is 10.8 Å². The molecule has 3 heterocycles. The van der Waals surface area contributed by atoms with E-state index in [1.54, 1.807) is 0 Å². The van der Waals surface area contributed by atoms with Crippen molar-refractivity contribution in [2.24, 2.45) is 0 Å². The molecule has 7 heteroatoms. The van der Waals surface area contributed by atoms with E-state index < -0.39 is 0 Å². The van der Waals surface area contributed by atoms with E-state index in [0.717, 1.165) is 42.2 Å². The van der Waals surface area contributed by atoms with Crippen molar-refractivity contribution >= 4 is 11.5 Å². The molecule has 1 unspecified atom stereocenters. The van der Waals surface area contributed by atoms with Crippen LogP contribution in [-0.4, -0.2) is 26.3 Å². The summed E-state index contributed by atoms with van der Waals surface area (Å²) in [6, 6.07) is 0.235. The zero-order chi connectivity index (χ0) is 11.7. The molecule has 0 amide bonds. The Balaban J connectivity index is 1.89. The summed E-state index contributed by atoms with van der Waals surface area (Å²) in [5.74, 6) is 1.29. The molecule has 0 saturated carbocycles. The van der Waals surface area contributed by atoms with Gasteiger partial charge >= 0.3 is 0 Å². The zero-order valence-corrected chi connectivity index (χ0v) is 10.3. The number of nitrogens with one attached hydrogen (secondary N) is 1. The number of aryl methyl sites for hydroxylation is 1. The van der Waals surface area contributed by atoms with Gasteiger partial charge in [0.25, 0.3) is 5.89 Å².